The molecular formula is C13H25NO3. The molecule has 0 aliphatic carbocycles. The van der Waals surface area contributed by atoms with Crippen molar-refractivity contribution < 1.29 is 14.6 Å². The Morgan fingerprint density at radius 3 is 2.76 bits per heavy atom. The van der Waals surface area contributed by atoms with Gasteiger partial charge >= 0.3 is 5.97 Å². The van der Waals surface area contributed by atoms with E-state index in [1.807, 2.05) is 0 Å². The lowest BCUT2D eigenvalue weighted by atomic mass is 9.93. The third-order valence-electron chi connectivity index (χ3n) is 3.76. The third-order valence-corrected chi connectivity index (χ3v) is 3.76. The van der Waals surface area contributed by atoms with Crippen molar-refractivity contribution in [1.82, 2.24) is 4.90 Å². The van der Waals surface area contributed by atoms with Crippen molar-refractivity contribution in [2.45, 2.75) is 51.7 Å². The van der Waals surface area contributed by atoms with Crippen LogP contribution in [-0.4, -0.2) is 47.8 Å². The number of carboxylic acids is 1. The van der Waals surface area contributed by atoms with E-state index in [2.05, 4.69) is 25.7 Å². The van der Waals surface area contributed by atoms with Gasteiger partial charge < -0.3 is 9.84 Å². The minimum atomic E-state index is -0.659. The highest BCUT2D eigenvalue weighted by atomic mass is 16.5. The summed E-state index contributed by atoms with van der Waals surface area (Å²) < 4.78 is 5.43. The van der Waals surface area contributed by atoms with Crippen LogP contribution >= 0.6 is 0 Å². The van der Waals surface area contributed by atoms with Crippen molar-refractivity contribution in [2.24, 2.45) is 5.92 Å². The second kappa shape index (κ2) is 5.83. The van der Waals surface area contributed by atoms with Crippen LogP contribution in [0.25, 0.3) is 0 Å². The van der Waals surface area contributed by atoms with Gasteiger partial charge in [-0.25, -0.2) is 0 Å². The molecule has 0 bridgehead atoms. The van der Waals surface area contributed by atoms with Gasteiger partial charge in [0.05, 0.1) is 11.5 Å². The van der Waals surface area contributed by atoms with Crippen molar-refractivity contribution in [3.05, 3.63) is 0 Å². The van der Waals surface area contributed by atoms with Crippen molar-refractivity contribution >= 4 is 5.97 Å². The molecule has 0 amide bonds. The highest BCUT2D eigenvalue weighted by molar-refractivity contribution is 5.70. The Kier molecular flexibility index (Phi) is 4.95. The van der Waals surface area contributed by atoms with Gasteiger partial charge in [0, 0.05) is 19.7 Å². The fourth-order valence-electron chi connectivity index (χ4n) is 2.53. The zero-order chi connectivity index (χ0) is 13.1. The quantitative estimate of drug-likeness (QED) is 0.802. The van der Waals surface area contributed by atoms with Gasteiger partial charge in [0.2, 0.25) is 0 Å². The smallest absolute Gasteiger partial charge is 0.307 e. The van der Waals surface area contributed by atoms with Crippen molar-refractivity contribution in [2.75, 3.05) is 20.2 Å². The number of rotatable bonds is 5. The molecule has 1 heterocycles. The number of ether oxygens (including phenoxy) is 1. The number of nitrogens with zero attached hydrogens (tertiary/aromatic N) is 1. The molecule has 0 saturated carbocycles. The Balaban J connectivity index is 2.51. The first-order valence-electron chi connectivity index (χ1n) is 6.38. The van der Waals surface area contributed by atoms with E-state index in [1.54, 1.807) is 7.11 Å². The highest BCUT2D eigenvalue weighted by Gasteiger charge is 2.30. The predicted octanol–water partition coefficient (Wildman–Crippen LogP) is 1.99. The van der Waals surface area contributed by atoms with E-state index < -0.39 is 5.97 Å². The Labute approximate surface area is 104 Å². The fourth-order valence-corrected chi connectivity index (χ4v) is 2.53. The van der Waals surface area contributed by atoms with Gasteiger partial charge in [0.15, 0.2) is 0 Å². The molecule has 4 heteroatoms. The van der Waals surface area contributed by atoms with Gasteiger partial charge in [0.1, 0.15) is 0 Å². The Bertz CT molecular complexity index is 265. The monoisotopic (exact) mass is 243 g/mol. The first-order chi connectivity index (χ1) is 7.85. The molecule has 100 valence electrons. The number of aliphatic carboxylic acids is 1. The maximum Gasteiger partial charge on any atom is 0.307 e. The maximum atomic E-state index is 11.0. The lowest BCUT2D eigenvalue weighted by Crippen LogP contribution is -2.46. The van der Waals surface area contributed by atoms with E-state index in [4.69, 9.17) is 9.84 Å². The van der Waals surface area contributed by atoms with Crippen LogP contribution in [-0.2, 0) is 9.53 Å². The fraction of sp³-hybridized carbons (Fsp3) is 0.923. The molecule has 0 aromatic heterocycles. The topological polar surface area (TPSA) is 49.8 Å². The van der Waals surface area contributed by atoms with Gasteiger partial charge in [0.25, 0.3) is 0 Å². The van der Waals surface area contributed by atoms with Crippen LogP contribution in [0, 0.1) is 5.92 Å². The van der Waals surface area contributed by atoms with Crippen LogP contribution in [0.5, 0.6) is 0 Å². The lowest BCUT2D eigenvalue weighted by molar-refractivity contribution is -0.144. The molecule has 0 spiro atoms. The Morgan fingerprint density at radius 1 is 1.59 bits per heavy atom. The molecule has 1 aliphatic rings. The SMILES string of the molecule is COC(C)(C)CC(C)N1CCCC(C(=O)O)C1. The van der Waals surface area contributed by atoms with Gasteiger partial charge in [-0.3, -0.25) is 9.69 Å². The number of carboxylic acid groups (broad SMARTS) is 1. The van der Waals surface area contributed by atoms with E-state index >= 15 is 0 Å². The number of hydrogen-bond acceptors (Lipinski definition) is 3. The van der Waals surface area contributed by atoms with Gasteiger partial charge in [-0.2, -0.15) is 0 Å². The van der Waals surface area contributed by atoms with Crippen LogP contribution in [0.15, 0.2) is 0 Å². The average molecular weight is 243 g/mol. The minimum absolute atomic E-state index is 0.143. The number of hydrogen-bond donors (Lipinski definition) is 1. The van der Waals surface area contributed by atoms with E-state index in [1.165, 1.54) is 0 Å². The largest absolute Gasteiger partial charge is 0.481 e. The molecule has 4 nitrogen and oxygen atoms in total. The van der Waals surface area contributed by atoms with Crippen LogP contribution in [0.4, 0.5) is 0 Å². The standard InChI is InChI=1S/C13H25NO3/c1-10(8-13(2,3)17-4)14-7-5-6-11(9-14)12(15)16/h10-11H,5-9H2,1-4H3,(H,15,16). The molecule has 0 aromatic carbocycles. The number of methoxy groups -OCH3 is 1. The molecule has 2 atom stereocenters. The molecule has 1 fully saturated rings. The van der Waals surface area contributed by atoms with E-state index in [0.29, 0.717) is 12.6 Å². The molecule has 17 heavy (non-hydrogen) atoms. The summed E-state index contributed by atoms with van der Waals surface area (Å²) in [4.78, 5) is 13.3. The molecule has 1 saturated heterocycles. The maximum absolute atomic E-state index is 11.0. The summed E-state index contributed by atoms with van der Waals surface area (Å²) in [7, 11) is 1.73. The van der Waals surface area contributed by atoms with Crippen molar-refractivity contribution in [1.29, 1.82) is 0 Å². The summed E-state index contributed by atoms with van der Waals surface area (Å²) >= 11 is 0. The summed E-state index contributed by atoms with van der Waals surface area (Å²) in [6, 6.07) is 0.368. The Hall–Kier alpha value is -0.610. The molecule has 1 rings (SSSR count). The minimum Gasteiger partial charge on any atom is -0.481 e. The van der Waals surface area contributed by atoms with E-state index in [9.17, 15) is 4.79 Å². The second-order valence-electron chi connectivity index (χ2n) is 5.69. The summed E-state index contributed by atoms with van der Waals surface area (Å²) in [5.41, 5.74) is -0.143. The van der Waals surface area contributed by atoms with Gasteiger partial charge in [-0.15, -0.1) is 0 Å². The summed E-state index contributed by atoms with van der Waals surface area (Å²) in [5, 5.41) is 9.07. The predicted molar refractivity (Wildman–Crippen MR) is 67.1 cm³/mol. The molecule has 0 aromatic rings. The normalized spacial score (nSPS) is 24.6. The summed E-state index contributed by atoms with van der Waals surface area (Å²) in [6.45, 7) is 7.98. The molecule has 1 aliphatic heterocycles. The third kappa shape index (κ3) is 4.28. The summed E-state index contributed by atoms with van der Waals surface area (Å²) in [6.07, 6.45) is 2.72. The van der Waals surface area contributed by atoms with Crippen LogP contribution in [0.2, 0.25) is 0 Å². The highest BCUT2D eigenvalue weighted by Crippen LogP contribution is 2.24. The summed E-state index contributed by atoms with van der Waals surface area (Å²) in [5.74, 6) is -0.857. The lowest BCUT2D eigenvalue weighted by Gasteiger charge is -2.38. The first-order valence-corrected chi connectivity index (χ1v) is 6.38. The van der Waals surface area contributed by atoms with Crippen molar-refractivity contribution in [3.8, 4) is 0 Å². The molecular weight excluding hydrogens is 218 g/mol. The average Bonchev–Trinajstić information content (AvgIpc) is 2.28. The molecule has 1 N–H and O–H groups in total. The van der Waals surface area contributed by atoms with Crippen LogP contribution < -0.4 is 0 Å². The van der Waals surface area contributed by atoms with Crippen LogP contribution in [0.3, 0.4) is 0 Å². The number of carbonyl (C=O) groups is 1. The van der Waals surface area contributed by atoms with Crippen LogP contribution in [0.1, 0.15) is 40.0 Å². The van der Waals surface area contributed by atoms with Gasteiger partial charge in [-0.1, -0.05) is 0 Å². The number of piperidine rings is 1. The zero-order valence-corrected chi connectivity index (χ0v) is 11.4. The van der Waals surface area contributed by atoms with Gasteiger partial charge in [-0.05, 0) is 46.6 Å². The Morgan fingerprint density at radius 2 is 2.24 bits per heavy atom. The molecule has 0 radical (unpaired) electrons. The zero-order valence-electron chi connectivity index (χ0n) is 11.4. The van der Waals surface area contributed by atoms with Crippen molar-refractivity contribution in [3.63, 3.8) is 0 Å². The van der Waals surface area contributed by atoms with E-state index in [-0.39, 0.29) is 11.5 Å². The molecule has 2 unspecified atom stereocenters. The second-order valence-corrected chi connectivity index (χ2v) is 5.69. The van der Waals surface area contributed by atoms with E-state index in [0.717, 1.165) is 25.8 Å². The first kappa shape index (κ1) is 14.5. The number of likely N-dealkylation sites (tertiary alicyclic amines) is 1.